The topological polar surface area (TPSA) is 58.6 Å². The minimum Gasteiger partial charge on any atom is -0.434 e. The molecule has 0 aromatic heterocycles. The fourth-order valence-corrected chi connectivity index (χ4v) is 2.08. The first-order valence-electron chi connectivity index (χ1n) is 7.11. The van der Waals surface area contributed by atoms with Gasteiger partial charge in [0.05, 0.1) is 12.2 Å². The molecule has 0 radical (unpaired) electrons. The number of hydrogen-bond donors (Lipinski definition) is 2. The lowest BCUT2D eigenvalue weighted by atomic mass is 10.1. The fraction of sp³-hybridized carbons (Fsp3) is 0.235. The van der Waals surface area contributed by atoms with E-state index >= 15 is 0 Å². The van der Waals surface area contributed by atoms with Crippen LogP contribution in [0.4, 0.5) is 8.78 Å². The Hall–Kier alpha value is -2.47. The Morgan fingerprint density at radius 1 is 1.09 bits per heavy atom. The molecule has 0 spiro atoms. The van der Waals surface area contributed by atoms with Crippen molar-refractivity contribution in [3.8, 4) is 5.75 Å². The zero-order valence-electron chi connectivity index (χ0n) is 12.3. The van der Waals surface area contributed by atoms with Crippen LogP contribution in [-0.2, 0) is 13.0 Å². The third kappa shape index (κ3) is 5.03. The molecule has 0 fully saturated rings. The van der Waals surface area contributed by atoms with Crippen molar-refractivity contribution < 1.29 is 23.4 Å². The van der Waals surface area contributed by atoms with Gasteiger partial charge in [-0.3, -0.25) is 4.79 Å². The molecule has 0 aliphatic carbocycles. The Balaban J connectivity index is 1.91. The Labute approximate surface area is 132 Å². The van der Waals surface area contributed by atoms with Gasteiger partial charge >= 0.3 is 6.61 Å². The van der Waals surface area contributed by atoms with Gasteiger partial charge in [-0.15, -0.1) is 0 Å². The van der Waals surface area contributed by atoms with Gasteiger partial charge in [0.25, 0.3) is 5.91 Å². The Morgan fingerprint density at radius 3 is 2.39 bits per heavy atom. The summed E-state index contributed by atoms with van der Waals surface area (Å²) >= 11 is 0. The summed E-state index contributed by atoms with van der Waals surface area (Å²) in [4.78, 5) is 12.1. The number of aliphatic hydroxyl groups is 1. The molecule has 122 valence electrons. The lowest BCUT2D eigenvalue weighted by molar-refractivity contribution is -0.0501. The lowest BCUT2D eigenvalue weighted by Crippen LogP contribution is -2.26. The van der Waals surface area contributed by atoms with Gasteiger partial charge in [0, 0.05) is 6.54 Å². The van der Waals surface area contributed by atoms with E-state index in [-0.39, 0.29) is 17.9 Å². The van der Waals surface area contributed by atoms with E-state index in [0.29, 0.717) is 13.0 Å². The highest BCUT2D eigenvalue weighted by atomic mass is 19.3. The summed E-state index contributed by atoms with van der Waals surface area (Å²) < 4.78 is 29.0. The van der Waals surface area contributed by atoms with Gasteiger partial charge < -0.3 is 15.2 Å². The maximum absolute atomic E-state index is 12.3. The predicted octanol–water partition coefficient (Wildman–Crippen LogP) is 2.75. The Kier molecular flexibility index (Phi) is 6.05. The van der Waals surface area contributed by atoms with Gasteiger partial charge in [0.2, 0.25) is 0 Å². The number of hydrogen-bond acceptors (Lipinski definition) is 3. The van der Waals surface area contributed by atoms with Gasteiger partial charge in [-0.1, -0.05) is 36.4 Å². The number of rotatable bonds is 7. The number of para-hydroxylation sites is 1. The normalized spacial score (nSPS) is 10.6. The monoisotopic (exact) mass is 321 g/mol. The maximum atomic E-state index is 12.3. The van der Waals surface area contributed by atoms with E-state index < -0.39 is 12.5 Å². The van der Waals surface area contributed by atoms with Crippen LogP contribution in [0.15, 0.2) is 48.5 Å². The highest BCUT2D eigenvalue weighted by Crippen LogP contribution is 2.20. The second-order valence-electron chi connectivity index (χ2n) is 4.86. The minimum absolute atomic E-state index is 0.0159. The van der Waals surface area contributed by atoms with E-state index in [4.69, 9.17) is 5.11 Å². The molecule has 1 amide bonds. The number of carbonyl (C=O) groups is 1. The van der Waals surface area contributed by atoms with Crippen LogP contribution in [0.2, 0.25) is 0 Å². The number of aliphatic hydroxyl groups excluding tert-OH is 1. The highest BCUT2D eigenvalue weighted by molar-refractivity contribution is 5.96. The number of carbonyl (C=O) groups excluding carboxylic acids is 1. The first kappa shape index (κ1) is 16.9. The molecule has 2 rings (SSSR count). The second kappa shape index (κ2) is 8.24. The van der Waals surface area contributed by atoms with Crippen LogP contribution in [0.1, 0.15) is 21.5 Å². The summed E-state index contributed by atoms with van der Waals surface area (Å²) in [5.41, 5.74) is 1.89. The molecular formula is C17H17F2NO3. The smallest absolute Gasteiger partial charge is 0.387 e. The van der Waals surface area contributed by atoms with Crippen molar-refractivity contribution in [2.75, 3.05) is 6.54 Å². The predicted molar refractivity (Wildman–Crippen MR) is 81.5 cm³/mol. The van der Waals surface area contributed by atoms with Crippen molar-refractivity contribution in [1.82, 2.24) is 5.32 Å². The molecule has 0 saturated carbocycles. The number of benzene rings is 2. The van der Waals surface area contributed by atoms with Gasteiger partial charge in [0.1, 0.15) is 5.75 Å². The Bertz CT molecular complexity index is 645. The summed E-state index contributed by atoms with van der Waals surface area (Å²) in [6.45, 7) is -2.63. The molecule has 0 atom stereocenters. The van der Waals surface area contributed by atoms with Crippen LogP contribution in [0.3, 0.4) is 0 Å². The molecule has 0 unspecified atom stereocenters. The molecule has 0 aliphatic rings. The van der Waals surface area contributed by atoms with Crippen molar-refractivity contribution in [3.63, 3.8) is 0 Å². The van der Waals surface area contributed by atoms with Crippen LogP contribution in [0, 0.1) is 0 Å². The molecule has 0 heterocycles. The van der Waals surface area contributed by atoms with Gasteiger partial charge in [-0.05, 0) is 29.7 Å². The summed E-state index contributed by atoms with van der Waals surface area (Å²) in [5, 5.41) is 11.6. The molecule has 0 bridgehead atoms. The van der Waals surface area contributed by atoms with Gasteiger partial charge in [-0.2, -0.15) is 8.78 Å². The molecule has 0 saturated heterocycles. The summed E-state index contributed by atoms with van der Waals surface area (Å²) in [7, 11) is 0. The largest absolute Gasteiger partial charge is 0.434 e. The number of alkyl halides is 2. The first-order valence-corrected chi connectivity index (χ1v) is 7.11. The van der Waals surface area contributed by atoms with Crippen molar-refractivity contribution in [3.05, 3.63) is 65.2 Å². The molecule has 4 nitrogen and oxygen atoms in total. The van der Waals surface area contributed by atoms with Crippen LogP contribution < -0.4 is 10.1 Å². The zero-order chi connectivity index (χ0) is 16.7. The molecule has 2 aromatic carbocycles. The second-order valence-corrected chi connectivity index (χ2v) is 4.86. The molecule has 0 aliphatic heterocycles. The van der Waals surface area contributed by atoms with Crippen molar-refractivity contribution in [1.29, 1.82) is 0 Å². The molecule has 2 aromatic rings. The van der Waals surface area contributed by atoms with Crippen molar-refractivity contribution in [2.24, 2.45) is 0 Å². The van der Waals surface area contributed by atoms with Gasteiger partial charge in [-0.25, -0.2) is 0 Å². The molecular weight excluding hydrogens is 304 g/mol. The van der Waals surface area contributed by atoms with Crippen LogP contribution in [0.25, 0.3) is 0 Å². The average molecular weight is 321 g/mol. The van der Waals surface area contributed by atoms with Crippen LogP contribution >= 0.6 is 0 Å². The SMILES string of the molecule is O=C(NCCc1ccc(CO)cc1)c1ccccc1OC(F)F. The quantitative estimate of drug-likeness (QED) is 0.824. The fourth-order valence-electron chi connectivity index (χ4n) is 2.08. The first-order chi connectivity index (χ1) is 11.1. The van der Waals surface area contributed by atoms with Crippen molar-refractivity contribution >= 4 is 5.91 Å². The highest BCUT2D eigenvalue weighted by Gasteiger charge is 2.14. The molecule has 2 N–H and O–H groups in total. The van der Waals surface area contributed by atoms with E-state index in [9.17, 15) is 13.6 Å². The lowest BCUT2D eigenvalue weighted by Gasteiger charge is -2.11. The number of ether oxygens (including phenoxy) is 1. The van der Waals surface area contributed by atoms with Gasteiger partial charge in [0.15, 0.2) is 0 Å². The molecule has 6 heteroatoms. The summed E-state index contributed by atoms with van der Waals surface area (Å²) in [6, 6.07) is 13.2. The Morgan fingerprint density at radius 2 is 1.74 bits per heavy atom. The van der Waals surface area contributed by atoms with E-state index in [2.05, 4.69) is 10.1 Å². The average Bonchev–Trinajstić information content (AvgIpc) is 2.55. The summed E-state index contributed by atoms with van der Waals surface area (Å²) in [5.74, 6) is -0.611. The number of nitrogens with one attached hydrogen (secondary N) is 1. The standard InChI is InChI=1S/C17H17F2NO3/c18-17(19)23-15-4-2-1-3-14(15)16(22)20-10-9-12-5-7-13(11-21)8-6-12/h1-8,17,21H,9-11H2,(H,20,22). The van der Waals surface area contributed by atoms with E-state index in [1.165, 1.54) is 18.2 Å². The van der Waals surface area contributed by atoms with E-state index in [0.717, 1.165) is 11.1 Å². The maximum Gasteiger partial charge on any atom is 0.387 e. The minimum atomic E-state index is -2.98. The third-order valence-corrected chi connectivity index (χ3v) is 3.25. The number of halogens is 2. The molecule has 23 heavy (non-hydrogen) atoms. The van der Waals surface area contributed by atoms with Crippen molar-refractivity contribution in [2.45, 2.75) is 19.6 Å². The zero-order valence-corrected chi connectivity index (χ0v) is 12.3. The number of amides is 1. The van der Waals surface area contributed by atoms with Crippen LogP contribution in [-0.4, -0.2) is 24.2 Å². The summed E-state index contributed by atoms with van der Waals surface area (Å²) in [6.07, 6.45) is 0.593. The van der Waals surface area contributed by atoms with Crippen LogP contribution in [0.5, 0.6) is 5.75 Å². The van der Waals surface area contributed by atoms with E-state index in [1.807, 2.05) is 24.3 Å². The van der Waals surface area contributed by atoms with E-state index in [1.54, 1.807) is 6.07 Å². The third-order valence-electron chi connectivity index (χ3n) is 3.25.